The van der Waals surface area contributed by atoms with Gasteiger partial charge in [-0.25, -0.2) is 12.8 Å². The minimum absolute atomic E-state index is 0.0426. The molecule has 2 atom stereocenters. The van der Waals surface area contributed by atoms with Gasteiger partial charge in [-0.2, -0.15) is 8.78 Å². The van der Waals surface area contributed by atoms with Crippen LogP contribution in [0.1, 0.15) is 49.4 Å². The van der Waals surface area contributed by atoms with Crippen molar-refractivity contribution in [3.8, 4) is 11.5 Å². The zero-order chi connectivity index (χ0) is 33.9. The fourth-order valence-corrected chi connectivity index (χ4v) is 7.04. The topological polar surface area (TPSA) is 146 Å². The molecule has 1 saturated heterocycles. The van der Waals surface area contributed by atoms with Crippen LogP contribution >= 0.6 is 22.6 Å². The van der Waals surface area contributed by atoms with Gasteiger partial charge in [-0.3, -0.25) is 14.4 Å². The lowest BCUT2D eigenvalue weighted by atomic mass is 9.75. The first-order valence-electron chi connectivity index (χ1n) is 14.3. The molecule has 1 aliphatic carbocycles. The van der Waals surface area contributed by atoms with E-state index in [9.17, 15) is 31.6 Å². The molecule has 46 heavy (non-hydrogen) atoms. The van der Waals surface area contributed by atoms with Crippen molar-refractivity contribution in [1.29, 1.82) is 0 Å². The molecule has 2 amide bonds. The molecule has 4 rings (SSSR count). The summed E-state index contributed by atoms with van der Waals surface area (Å²) in [5.41, 5.74) is -0.744. The summed E-state index contributed by atoms with van der Waals surface area (Å²) >= 11 is 0.522. The minimum atomic E-state index is -5.00. The van der Waals surface area contributed by atoms with E-state index in [0.29, 0.717) is 48.3 Å². The molecule has 1 heterocycles. The molecule has 2 fully saturated rings. The van der Waals surface area contributed by atoms with Gasteiger partial charge in [-0.05, 0) is 63.3 Å². The van der Waals surface area contributed by atoms with E-state index in [-0.39, 0.29) is 48.4 Å². The van der Waals surface area contributed by atoms with E-state index in [2.05, 4.69) is 10.6 Å². The lowest BCUT2D eigenvalue weighted by molar-refractivity contribution is -0.154. The highest BCUT2D eigenvalue weighted by Gasteiger charge is 2.43. The van der Waals surface area contributed by atoms with Crippen LogP contribution in [0.3, 0.4) is 0 Å². The van der Waals surface area contributed by atoms with E-state index in [1.54, 1.807) is 0 Å². The van der Waals surface area contributed by atoms with Crippen LogP contribution in [0.4, 0.5) is 18.9 Å². The number of methoxy groups -OCH3 is 2. The Morgan fingerprint density at radius 2 is 1.76 bits per heavy atom. The summed E-state index contributed by atoms with van der Waals surface area (Å²) in [5.74, 6) is -3.57. The predicted octanol–water partition coefficient (Wildman–Crippen LogP) is 4.87. The Labute approximate surface area is 277 Å². The molecular weight excluding hydrogens is 748 g/mol. The summed E-state index contributed by atoms with van der Waals surface area (Å²) in [6.07, 6.45) is 1.71. The van der Waals surface area contributed by atoms with Crippen molar-refractivity contribution >= 4 is 55.9 Å². The first-order chi connectivity index (χ1) is 21.6. The van der Waals surface area contributed by atoms with Gasteiger partial charge in [-0.15, -0.1) is 0 Å². The number of hydrogen-bond acceptors (Lipinski definition) is 9. The van der Waals surface area contributed by atoms with Gasteiger partial charge in [0.2, 0.25) is 5.91 Å². The second kappa shape index (κ2) is 14.3. The molecule has 1 aliphatic heterocycles. The molecule has 1 saturated carbocycles. The van der Waals surface area contributed by atoms with Gasteiger partial charge in [0.15, 0.2) is 11.6 Å². The fraction of sp³-hybridized carbons (Fsp3) is 0.500. The average molecular weight is 783 g/mol. The van der Waals surface area contributed by atoms with Gasteiger partial charge in [0.1, 0.15) is 5.75 Å². The highest BCUT2D eigenvalue weighted by atomic mass is 127. The molecule has 2 aliphatic rings. The van der Waals surface area contributed by atoms with Crippen LogP contribution in [-0.4, -0.2) is 69.0 Å². The van der Waals surface area contributed by atoms with Gasteiger partial charge >= 0.3 is 9.23 Å². The third-order valence-electron chi connectivity index (χ3n) is 8.23. The number of esters is 1. The molecular formula is C30H34F3IN2O9S. The molecule has 2 N–H and O–H groups in total. The number of carbonyl (C=O) groups excluding carboxylic acids is 3. The van der Waals surface area contributed by atoms with E-state index >= 15 is 4.39 Å². The number of ether oxygens (including phenoxy) is 4. The lowest BCUT2D eigenvalue weighted by Gasteiger charge is -2.35. The van der Waals surface area contributed by atoms with E-state index in [1.807, 2.05) is 6.92 Å². The first kappa shape index (κ1) is 35.7. The van der Waals surface area contributed by atoms with Crippen molar-refractivity contribution in [2.45, 2.75) is 59.3 Å². The largest absolute Gasteiger partial charge is 0.496 e. The van der Waals surface area contributed by atoms with Gasteiger partial charge < -0.3 is 29.6 Å². The maximum atomic E-state index is 15.0. The van der Waals surface area contributed by atoms with Crippen LogP contribution in [0.5, 0.6) is 11.5 Å². The quantitative estimate of drug-likeness (QED) is 0.196. The van der Waals surface area contributed by atoms with E-state index in [0.717, 1.165) is 18.2 Å². The standard InChI is InChI=1S/C30H34F3IN2O9S/c1-29(28(39)43-3)10-7-18(8-11-29)45-25-14-20(24(42-2)15-22(25)31)26(37)36-23-9-12-44-16-21(23)27(38)35-17-5-4-6-19(13-17)46(40,41)30(32,33)34/h4-6,13-15,18,21,23H,7-12,16H2,1-3H3,(H,35,38)(H,36,37)/t18?,21-,23+,29?/m1/s1. The van der Waals surface area contributed by atoms with Crippen molar-refractivity contribution in [2.75, 3.05) is 32.8 Å². The normalized spacial score (nSPS) is 23.6. The van der Waals surface area contributed by atoms with Crippen molar-refractivity contribution in [3.63, 3.8) is 0 Å². The Hall–Kier alpha value is -3.12. The maximum absolute atomic E-state index is 15.0. The second-order valence-corrected chi connectivity index (χ2v) is 15.4. The number of carbonyl (C=O) groups is 3. The van der Waals surface area contributed by atoms with Crippen LogP contribution in [0.2, 0.25) is 0 Å². The van der Waals surface area contributed by atoms with Crippen molar-refractivity contribution in [3.05, 3.63) is 47.8 Å². The molecule has 2 aromatic carbocycles. The van der Waals surface area contributed by atoms with Gasteiger partial charge in [-0.1, -0.05) is 6.07 Å². The number of nitrogens with one attached hydrogen (secondary N) is 2. The monoisotopic (exact) mass is 782 g/mol. The molecule has 0 radical (unpaired) electrons. The number of amides is 2. The summed E-state index contributed by atoms with van der Waals surface area (Å²) in [4.78, 5) is 38.2. The Morgan fingerprint density at radius 3 is 2.39 bits per heavy atom. The van der Waals surface area contributed by atoms with Crippen LogP contribution in [0, 0.1) is 17.2 Å². The molecule has 16 heteroatoms. The Kier molecular flexibility index (Phi) is 11.1. The number of rotatable bonds is 10. The van der Waals surface area contributed by atoms with E-state index in [4.69, 9.17) is 18.9 Å². The second-order valence-electron chi connectivity index (χ2n) is 11.4. The Morgan fingerprint density at radius 1 is 1.07 bits per heavy atom. The summed E-state index contributed by atoms with van der Waals surface area (Å²) in [7, 11) is -2.40. The van der Waals surface area contributed by atoms with Gasteiger partial charge in [0, 0.05) is 47.0 Å². The highest BCUT2D eigenvalue weighted by Crippen LogP contribution is 2.39. The van der Waals surface area contributed by atoms with Crippen LogP contribution in [-0.2, 0) is 28.9 Å². The third kappa shape index (κ3) is 7.87. The van der Waals surface area contributed by atoms with Crippen molar-refractivity contribution in [1.82, 2.24) is 5.32 Å². The Balaban J connectivity index is 1.48. The minimum Gasteiger partial charge on any atom is -0.496 e. The lowest BCUT2D eigenvalue weighted by Crippen LogP contribution is -2.50. The molecule has 0 unspecified atom stereocenters. The molecule has 11 nitrogen and oxygen atoms in total. The number of benzene rings is 2. The van der Waals surface area contributed by atoms with E-state index < -0.39 is 59.1 Å². The van der Waals surface area contributed by atoms with Crippen LogP contribution in [0.25, 0.3) is 0 Å². The van der Waals surface area contributed by atoms with Crippen molar-refractivity contribution in [2.24, 2.45) is 11.3 Å². The number of sulfone groups is 1. The van der Waals surface area contributed by atoms with Gasteiger partial charge in [0.05, 0.1) is 48.7 Å². The summed E-state index contributed by atoms with van der Waals surface area (Å²) in [6, 6.07) is 5.96. The number of anilines is 1. The van der Waals surface area contributed by atoms with Crippen molar-refractivity contribution < 1.29 is 54.9 Å². The number of alkyl halides is 3. The fourth-order valence-electron chi connectivity index (χ4n) is 5.47. The highest BCUT2D eigenvalue weighted by molar-refractivity contribution is 14.1. The van der Waals surface area contributed by atoms with Gasteiger partial charge in [0.25, 0.3) is 15.7 Å². The number of hydrogen-bond donors (Lipinski definition) is 2. The molecule has 2 aromatic rings. The molecule has 0 aromatic heterocycles. The van der Waals surface area contributed by atoms with Crippen LogP contribution < -0.4 is 20.1 Å². The smallest absolute Gasteiger partial charge is 0.398 e. The Bertz CT molecular complexity index is 1580. The SMILES string of the molecule is COC(=O)C1(C)CCC(Oc2cc(C(=O)N[C@H]3CCOC[C@H]3C(=O)Nc3cccc(S(=O)(=O)C(F)(F)I)c3)c(OC)cc2F)CC1. The molecule has 252 valence electrons. The molecule has 0 bridgehead atoms. The van der Waals surface area contributed by atoms with E-state index in [1.165, 1.54) is 32.4 Å². The molecule has 0 spiro atoms. The summed E-state index contributed by atoms with van der Waals surface area (Å²) in [5, 5.41) is 5.29. The summed E-state index contributed by atoms with van der Waals surface area (Å²) < 4.78 is 84.2. The zero-order valence-electron chi connectivity index (χ0n) is 25.2. The number of halogens is 4. The first-order valence-corrected chi connectivity index (χ1v) is 16.9. The zero-order valence-corrected chi connectivity index (χ0v) is 28.2. The summed E-state index contributed by atoms with van der Waals surface area (Å²) in [6.45, 7) is 1.93. The predicted molar refractivity (Wildman–Crippen MR) is 167 cm³/mol. The maximum Gasteiger partial charge on any atom is 0.398 e. The average Bonchev–Trinajstić information content (AvgIpc) is 3.02. The third-order valence-corrected chi connectivity index (χ3v) is 11.5. The van der Waals surface area contributed by atoms with Crippen LogP contribution in [0.15, 0.2) is 41.3 Å².